The second kappa shape index (κ2) is 4.94. The van der Waals surface area contributed by atoms with Crippen LogP contribution < -0.4 is 4.72 Å². The van der Waals surface area contributed by atoms with Gasteiger partial charge in [-0.05, 0) is 24.6 Å². The summed E-state index contributed by atoms with van der Waals surface area (Å²) in [6.07, 6.45) is 0.488. The number of nitrogens with one attached hydrogen (secondary N) is 1. The summed E-state index contributed by atoms with van der Waals surface area (Å²) in [5.41, 5.74) is 0.0168. The number of nitriles is 1. The summed E-state index contributed by atoms with van der Waals surface area (Å²) in [6.45, 7) is 1.74. The van der Waals surface area contributed by atoms with Gasteiger partial charge in [0.1, 0.15) is 11.9 Å². The number of benzene rings is 1. The smallest absolute Gasteiger partial charge is 0.232 e. The van der Waals surface area contributed by atoms with E-state index in [2.05, 4.69) is 4.72 Å². The fourth-order valence-electron chi connectivity index (χ4n) is 1.17. The van der Waals surface area contributed by atoms with Crippen LogP contribution in [0.1, 0.15) is 18.9 Å². The molecule has 1 aromatic rings. The lowest BCUT2D eigenvalue weighted by molar-refractivity contribution is 0.599. The molecule has 0 radical (unpaired) electrons. The first-order valence-electron chi connectivity index (χ1n) is 4.68. The maximum atomic E-state index is 13.0. The highest BCUT2D eigenvalue weighted by Crippen LogP contribution is 2.15. The van der Waals surface area contributed by atoms with E-state index in [1.165, 1.54) is 12.1 Å². The van der Waals surface area contributed by atoms with Gasteiger partial charge in [0.2, 0.25) is 10.0 Å². The van der Waals surface area contributed by atoms with Crippen molar-refractivity contribution in [3.63, 3.8) is 0 Å². The first kappa shape index (κ1) is 12.5. The summed E-state index contributed by atoms with van der Waals surface area (Å²) >= 11 is 0. The van der Waals surface area contributed by atoms with Gasteiger partial charge < -0.3 is 0 Å². The lowest BCUT2D eigenvalue weighted by Gasteiger charge is -2.07. The number of hydrogen-bond acceptors (Lipinski definition) is 3. The van der Waals surface area contributed by atoms with Crippen LogP contribution in [0.15, 0.2) is 18.2 Å². The molecule has 0 fully saturated rings. The number of hydrogen-bond donors (Lipinski definition) is 1. The zero-order chi connectivity index (χ0) is 12.2. The third-order valence-corrected chi connectivity index (χ3v) is 3.33. The molecule has 0 atom stereocenters. The monoisotopic (exact) mass is 242 g/mol. The molecule has 0 bridgehead atoms. The van der Waals surface area contributed by atoms with Gasteiger partial charge in [0.15, 0.2) is 0 Å². The topological polar surface area (TPSA) is 70.0 Å². The fraction of sp³-hybridized carbons (Fsp3) is 0.300. The summed E-state index contributed by atoms with van der Waals surface area (Å²) in [6, 6.07) is 5.15. The molecule has 0 spiro atoms. The lowest BCUT2D eigenvalue weighted by atomic mass is 10.2. The van der Waals surface area contributed by atoms with Crippen molar-refractivity contribution in [1.82, 2.24) is 0 Å². The van der Waals surface area contributed by atoms with Crippen LogP contribution in [-0.4, -0.2) is 14.2 Å². The Morgan fingerprint density at radius 2 is 2.19 bits per heavy atom. The van der Waals surface area contributed by atoms with Crippen molar-refractivity contribution in [3.05, 3.63) is 29.6 Å². The van der Waals surface area contributed by atoms with Crippen molar-refractivity contribution < 1.29 is 12.8 Å². The second-order valence-electron chi connectivity index (χ2n) is 3.23. The molecule has 0 unspecified atom stereocenters. The van der Waals surface area contributed by atoms with Gasteiger partial charge in [0, 0.05) is 5.69 Å². The maximum Gasteiger partial charge on any atom is 0.232 e. The molecule has 16 heavy (non-hydrogen) atoms. The van der Waals surface area contributed by atoms with E-state index in [0.29, 0.717) is 6.42 Å². The van der Waals surface area contributed by atoms with E-state index >= 15 is 0 Å². The van der Waals surface area contributed by atoms with Crippen LogP contribution in [0.5, 0.6) is 0 Å². The quantitative estimate of drug-likeness (QED) is 0.875. The molecule has 1 N–H and O–H groups in total. The van der Waals surface area contributed by atoms with Crippen molar-refractivity contribution in [2.45, 2.75) is 13.3 Å². The van der Waals surface area contributed by atoms with E-state index < -0.39 is 15.8 Å². The molecule has 0 saturated heterocycles. The average molecular weight is 242 g/mol. The van der Waals surface area contributed by atoms with E-state index in [9.17, 15) is 12.8 Å². The highest BCUT2D eigenvalue weighted by molar-refractivity contribution is 7.92. The predicted molar refractivity (Wildman–Crippen MR) is 58.8 cm³/mol. The Balaban J connectivity index is 2.96. The molecule has 86 valence electrons. The standard InChI is InChI=1S/C10H11FN2O2S/c1-2-5-16(14,15)13-9-3-4-10(11)8(6-9)7-12/h3-4,6,13H,2,5H2,1H3. The van der Waals surface area contributed by atoms with Crippen LogP contribution in [0.3, 0.4) is 0 Å². The molecule has 1 rings (SSSR count). The van der Waals surface area contributed by atoms with Crippen LogP contribution >= 0.6 is 0 Å². The van der Waals surface area contributed by atoms with Crippen molar-refractivity contribution >= 4 is 15.7 Å². The normalized spacial score (nSPS) is 10.8. The second-order valence-corrected chi connectivity index (χ2v) is 5.07. The molecule has 0 saturated carbocycles. The number of halogens is 1. The number of anilines is 1. The van der Waals surface area contributed by atoms with E-state index in [-0.39, 0.29) is 17.0 Å². The molecule has 6 heteroatoms. The van der Waals surface area contributed by atoms with Gasteiger partial charge in [-0.3, -0.25) is 4.72 Å². The number of nitrogens with zero attached hydrogens (tertiary/aromatic N) is 1. The van der Waals surface area contributed by atoms with E-state index in [4.69, 9.17) is 5.26 Å². The maximum absolute atomic E-state index is 13.0. The summed E-state index contributed by atoms with van der Waals surface area (Å²) < 4.78 is 38.0. The van der Waals surface area contributed by atoms with Crippen molar-refractivity contribution in [3.8, 4) is 6.07 Å². The summed E-state index contributed by atoms with van der Waals surface area (Å²) in [5.74, 6) is -0.673. The van der Waals surface area contributed by atoms with Crippen molar-refractivity contribution in [2.75, 3.05) is 10.5 Å². The average Bonchev–Trinajstić information content (AvgIpc) is 2.20. The van der Waals surface area contributed by atoms with Crippen LogP contribution in [0.4, 0.5) is 10.1 Å². The van der Waals surface area contributed by atoms with Crippen molar-refractivity contribution in [2.24, 2.45) is 0 Å². The Kier molecular flexibility index (Phi) is 3.85. The van der Waals surface area contributed by atoms with Crippen LogP contribution in [-0.2, 0) is 10.0 Å². The Morgan fingerprint density at radius 1 is 1.50 bits per heavy atom. The molecular weight excluding hydrogens is 231 g/mol. The third-order valence-electron chi connectivity index (χ3n) is 1.83. The predicted octanol–water partition coefficient (Wildman–Crippen LogP) is 1.85. The lowest BCUT2D eigenvalue weighted by Crippen LogP contribution is -2.16. The third kappa shape index (κ3) is 3.21. The molecule has 0 amide bonds. The van der Waals surface area contributed by atoms with Gasteiger partial charge in [0.25, 0.3) is 0 Å². The zero-order valence-corrected chi connectivity index (χ0v) is 9.51. The molecule has 4 nitrogen and oxygen atoms in total. The Hall–Kier alpha value is -1.61. The minimum Gasteiger partial charge on any atom is -0.284 e. The summed E-state index contributed by atoms with van der Waals surface area (Å²) in [5, 5.41) is 8.58. The van der Waals surface area contributed by atoms with Crippen LogP contribution in [0, 0.1) is 17.1 Å². The minimum atomic E-state index is -3.40. The molecule has 0 aromatic heterocycles. The van der Waals surface area contributed by atoms with Gasteiger partial charge in [-0.1, -0.05) is 6.92 Å². The van der Waals surface area contributed by atoms with E-state index in [1.54, 1.807) is 13.0 Å². The Labute approximate surface area is 93.8 Å². The van der Waals surface area contributed by atoms with E-state index in [1.807, 2.05) is 0 Å². The largest absolute Gasteiger partial charge is 0.284 e. The van der Waals surface area contributed by atoms with E-state index in [0.717, 1.165) is 6.07 Å². The zero-order valence-electron chi connectivity index (χ0n) is 8.70. The molecule has 0 heterocycles. The minimum absolute atomic E-state index is 0.00768. The van der Waals surface area contributed by atoms with Crippen LogP contribution in [0.25, 0.3) is 0 Å². The number of rotatable bonds is 4. The fourth-order valence-corrected chi connectivity index (χ4v) is 2.30. The Morgan fingerprint density at radius 3 is 2.75 bits per heavy atom. The highest BCUT2D eigenvalue weighted by Gasteiger charge is 2.10. The molecule has 0 aliphatic rings. The summed E-state index contributed by atoms with van der Waals surface area (Å²) in [4.78, 5) is 0. The number of sulfonamides is 1. The first-order valence-corrected chi connectivity index (χ1v) is 6.34. The molecule has 0 aliphatic heterocycles. The van der Waals surface area contributed by atoms with Gasteiger partial charge in [-0.15, -0.1) is 0 Å². The molecule has 0 aliphatic carbocycles. The van der Waals surface area contributed by atoms with Gasteiger partial charge in [0.05, 0.1) is 11.3 Å². The van der Waals surface area contributed by atoms with Crippen molar-refractivity contribution in [1.29, 1.82) is 5.26 Å². The molecular formula is C10H11FN2O2S. The SMILES string of the molecule is CCCS(=O)(=O)Nc1ccc(F)c(C#N)c1. The summed E-state index contributed by atoms with van der Waals surface area (Å²) in [7, 11) is -3.40. The van der Waals surface area contributed by atoms with Gasteiger partial charge >= 0.3 is 0 Å². The Bertz CT molecular complexity index is 520. The van der Waals surface area contributed by atoms with Gasteiger partial charge in [-0.25, -0.2) is 12.8 Å². The van der Waals surface area contributed by atoms with Crippen LogP contribution in [0.2, 0.25) is 0 Å². The first-order chi connectivity index (χ1) is 7.48. The molecule has 1 aromatic carbocycles. The van der Waals surface area contributed by atoms with Gasteiger partial charge in [-0.2, -0.15) is 5.26 Å². The highest BCUT2D eigenvalue weighted by atomic mass is 32.2.